The number of aromatic nitrogens is 3. The largest absolute Gasteiger partial charge is 0.291 e. The molecule has 0 amide bonds. The van der Waals surface area contributed by atoms with Gasteiger partial charge in [0.15, 0.2) is 9.35 Å². The number of alkyl halides is 2. The molecule has 0 aliphatic rings. The lowest BCUT2D eigenvalue weighted by Crippen LogP contribution is -1.79. The van der Waals surface area contributed by atoms with Crippen molar-refractivity contribution in [2.45, 2.75) is 17.0 Å². The number of hydrogen-bond acceptors (Lipinski definition) is 6. The van der Waals surface area contributed by atoms with Crippen molar-refractivity contribution in [3.63, 3.8) is 0 Å². The van der Waals surface area contributed by atoms with Gasteiger partial charge in [-0.25, -0.2) is 4.98 Å². The van der Waals surface area contributed by atoms with Crippen molar-refractivity contribution >= 4 is 34.4 Å². The third-order valence-corrected chi connectivity index (χ3v) is 3.95. The van der Waals surface area contributed by atoms with Gasteiger partial charge in [-0.05, 0) is 18.7 Å². The average Bonchev–Trinajstić information content (AvgIpc) is 2.72. The Morgan fingerprint density at radius 1 is 1.40 bits per heavy atom. The molecule has 0 atom stereocenters. The lowest BCUT2D eigenvalue weighted by atomic mass is 10.5. The van der Waals surface area contributed by atoms with Crippen LogP contribution in [0.25, 0.3) is 10.7 Å². The number of hydrogen-bond donors (Lipinski definition) is 0. The van der Waals surface area contributed by atoms with Crippen LogP contribution in [0.4, 0.5) is 8.78 Å². The van der Waals surface area contributed by atoms with Crippen molar-refractivity contribution < 1.29 is 8.78 Å². The van der Waals surface area contributed by atoms with E-state index in [0.717, 1.165) is 16.3 Å². The van der Waals surface area contributed by atoms with E-state index >= 15 is 0 Å². The number of nitrogens with zero attached hydrogens (tertiary/aromatic N) is 3. The Morgan fingerprint density at radius 2 is 2.20 bits per heavy atom. The summed E-state index contributed by atoms with van der Waals surface area (Å²) in [4.78, 5) is 4.20. The molecule has 80 valence electrons. The van der Waals surface area contributed by atoms with Gasteiger partial charge in [-0.1, -0.05) is 11.3 Å². The molecular weight excluding hydrogens is 260 g/mol. The SMILES string of the molecule is Cc1nc(-c2nnc(SC(F)F)s2)cs1. The van der Waals surface area contributed by atoms with E-state index in [4.69, 9.17) is 0 Å². The van der Waals surface area contributed by atoms with Crippen LogP contribution in [-0.2, 0) is 0 Å². The van der Waals surface area contributed by atoms with Crippen molar-refractivity contribution in [2.75, 3.05) is 0 Å². The van der Waals surface area contributed by atoms with Crippen molar-refractivity contribution in [1.82, 2.24) is 15.2 Å². The number of rotatable bonds is 3. The van der Waals surface area contributed by atoms with E-state index < -0.39 is 5.76 Å². The van der Waals surface area contributed by atoms with E-state index in [-0.39, 0.29) is 4.34 Å². The van der Waals surface area contributed by atoms with Gasteiger partial charge in [-0.3, -0.25) is 0 Å². The molecule has 0 aliphatic heterocycles. The maximum Gasteiger partial charge on any atom is 0.291 e. The third-order valence-electron chi connectivity index (χ3n) is 1.43. The molecule has 0 aromatic carbocycles. The quantitative estimate of drug-likeness (QED) is 0.798. The molecule has 2 aromatic heterocycles. The van der Waals surface area contributed by atoms with Gasteiger partial charge in [0.25, 0.3) is 5.76 Å². The van der Waals surface area contributed by atoms with Crippen LogP contribution in [0.1, 0.15) is 5.01 Å². The Labute approximate surface area is 96.6 Å². The second-order valence-electron chi connectivity index (χ2n) is 2.50. The van der Waals surface area contributed by atoms with Crippen molar-refractivity contribution in [3.05, 3.63) is 10.4 Å². The van der Waals surface area contributed by atoms with Crippen molar-refractivity contribution in [3.8, 4) is 10.7 Å². The fraction of sp³-hybridized carbons (Fsp3) is 0.286. The molecule has 0 radical (unpaired) electrons. The highest BCUT2D eigenvalue weighted by Gasteiger charge is 2.13. The minimum Gasteiger partial charge on any atom is -0.239 e. The van der Waals surface area contributed by atoms with Gasteiger partial charge in [-0.2, -0.15) is 8.78 Å². The van der Waals surface area contributed by atoms with Gasteiger partial charge in [0.05, 0.1) is 5.01 Å². The maximum atomic E-state index is 12.0. The Morgan fingerprint density at radius 3 is 2.80 bits per heavy atom. The second kappa shape index (κ2) is 4.50. The Kier molecular flexibility index (Phi) is 3.27. The monoisotopic (exact) mass is 265 g/mol. The molecule has 0 aliphatic carbocycles. The Balaban J connectivity index is 2.20. The molecule has 15 heavy (non-hydrogen) atoms. The molecule has 2 rings (SSSR count). The first-order valence-electron chi connectivity index (χ1n) is 3.86. The molecule has 0 unspecified atom stereocenters. The van der Waals surface area contributed by atoms with E-state index in [1.807, 2.05) is 12.3 Å². The summed E-state index contributed by atoms with van der Waals surface area (Å²) in [7, 11) is 0. The summed E-state index contributed by atoms with van der Waals surface area (Å²) in [5.41, 5.74) is 0.705. The number of thiazole rings is 1. The summed E-state index contributed by atoms with van der Waals surface area (Å²) < 4.78 is 24.3. The lowest BCUT2D eigenvalue weighted by Gasteiger charge is -1.89. The number of halogens is 2. The van der Waals surface area contributed by atoms with E-state index in [0.29, 0.717) is 22.5 Å². The first-order chi connectivity index (χ1) is 7.15. The molecule has 0 saturated carbocycles. The highest BCUT2D eigenvalue weighted by molar-refractivity contribution is 8.01. The number of aryl methyl sites for hydroxylation is 1. The zero-order valence-corrected chi connectivity index (χ0v) is 9.93. The highest BCUT2D eigenvalue weighted by Crippen LogP contribution is 2.32. The molecule has 0 fully saturated rings. The van der Waals surface area contributed by atoms with Crippen LogP contribution in [0, 0.1) is 6.92 Å². The summed E-state index contributed by atoms with van der Waals surface area (Å²) in [5.74, 6) is -2.46. The van der Waals surface area contributed by atoms with Crippen LogP contribution >= 0.6 is 34.4 Å². The molecule has 0 N–H and O–H groups in total. The standard InChI is InChI=1S/C7H5F2N3S3/c1-3-10-4(2-13-3)5-11-12-7(14-5)15-6(8)9/h2,6H,1H3. The van der Waals surface area contributed by atoms with Crippen molar-refractivity contribution in [2.24, 2.45) is 0 Å². The topological polar surface area (TPSA) is 38.7 Å². The fourth-order valence-electron chi connectivity index (χ4n) is 0.899. The Hall–Kier alpha value is -0.600. The zero-order valence-electron chi connectivity index (χ0n) is 7.48. The fourth-order valence-corrected chi connectivity index (χ4v) is 3.00. The van der Waals surface area contributed by atoms with E-state index in [2.05, 4.69) is 15.2 Å². The molecule has 3 nitrogen and oxygen atoms in total. The molecule has 2 heterocycles. The molecular formula is C7H5F2N3S3. The summed E-state index contributed by atoms with van der Waals surface area (Å²) in [5, 5.41) is 10.8. The van der Waals surface area contributed by atoms with Crippen LogP contribution < -0.4 is 0 Å². The van der Waals surface area contributed by atoms with Gasteiger partial charge in [0.2, 0.25) is 0 Å². The van der Waals surface area contributed by atoms with Gasteiger partial charge in [0, 0.05) is 5.38 Å². The van der Waals surface area contributed by atoms with Crippen LogP contribution in [-0.4, -0.2) is 20.9 Å². The van der Waals surface area contributed by atoms with Crippen LogP contribution in [0.3, 0.4) is 0 Å². The lowest BCUT2D eigenvalue weighted by molar-refractivity contribution is 0.252. The van der Waals surface area contributed by atoms with E-state index in [1.165, 1.54) is 11.3 Å². The molecule has 0 saturated heterocycles. The Bertz CT molecular complexity index is 454. The summed E-state index contributed by atoms with van der Waals surface area (Å²) >= 11 is 3.04. The predicted molar refractivity (Wildman–Crippen MR) is 57.6 cm³/mol. The first-order valence-corrected chi connectivity index (χ1v) is 6.43. The summed E-state index contributed by atoms with van der Waals surface area (Å²) in [6.45, 7) is 1.88. The predicted octanol–water partition coefficient (Wildman–Crippen LogP) is 3.28. The zero-order chi connectivity index (χ0) is 10.8. The minimum absolute atomic E-state index is 0.269. The third kappa shape index (κ3) is 2.70. The minimum atomic E-state index is -2.46. The smallest absolute Gasteiger partial charge is 0.239 e. The van der Waals surface area contributed by atoms with Gasteiger partial charge in [-0.15, -0.1) is 21.5 Å². The summed E-state index contributed by atoms with van der Waals surface area (Å²) in [6, 6.07) is 0. The average molecular weight is 265 g/mol. The molecule has 8 heteroatoms. The van der Waals surface area contributed by atoms with Crippen LogP contribution in [0.15, 0.2) is 9.72 Å². The van der Waals surface area contributed by atoms with E-state index in [1.54, 1.807) is 0 Å². The molecule has 0 bridgehead atoms. The van der Waals surface area contributed by atoms with Gasteiger partial charge >= 0.3 is 0 Å². The van der Waals surface area contributed by atoms with Gasteiger partial charge < -0.3 is 0 Å². The van der Waals surface area contributed by atoms with Crippen LogP contribution in [0.2, 0.25) is 0 Å². The van der Waals surface area contributed by atoms with Crippen LogP contribution in [0.5, 0.6) is 0 Å². The normalized spacial score (nSPS) is 11.2. The maximum absolute atomic E-state index is 12.0. The van der Waals surface area contributed by atoms with Gasteiger partial charge in [0.1, 0.15) is 5.69 Å². The van der Waals surface area contributed by atoms with Crippen molar-refractivity contribution in [1.29, 1.82) is 0 Å². The first kappa shape index (κ1) is 10.9. The number of thioether (sulfide) groups is 1. The highest BCUT2D eigenvalue weighted by atomic mass is 32.2. The molecule has 2 aromatic rings. The molecule has 0 spiro atoms. The second-order valence-corrected chi connectivity index (χ2v) is 5.78. The summed E-state index contributed by atoms with van der Waals surface area (Å²) in [6.07, 6.45) is 0. The van der Waals surface area contributed by atoms with E-state index in [9.17, 15) is 8.78 Å².